The van der Waals surface area contributed by atoms with Gasteiger partial charge in [-0.05, 0) is 37.5 Å². The molecule has 7 heteroatoms. The van der Waals surface area contributed by atoms with Gasteiger partial charge in [-0.1, -0.05) is 6.07 Å². The first-order chi connectivity index (χ1) is 12.8. The van der Waals surface area contributed by atoms with Crippen molar-refractivity contribution in [1.82, 2.24) is 15.0 Å². The topological polar surface area (TPSA) is 66.4 Å². The molecule has 2 fully saturated rings. The predicted molar refractivity (Wildman–Crippen MR) is 103 cm³/mol. The first-order valence-electron chi connectivity index (χ1n) is 9.38. The number of hydrogen-bond donors (Lipinski definition) is 1. The molecule has 0 amide bonds. The van der Waals surface area contributed by atoms with Gasteiger partial charge in [0.2, 0.25) is 5.95 Å². The number of hydrogen-bond acceptors (Lipinski definition) is 7. The second-order valence-corrected chi connectivity index (χ2v) is 6.89. The van der Waals surface area contributed by atoms with Gasteiger partial charge < -0.3 is 19.9 Å². The summed E-state index contributed by atoms with van der Waals surface area (Å²) in [4.78, 5) is 18.2. The lowest BCUT2D eigenvalue weighted by atomic mass is 10.0. The van der Waals surface area contributed by atoms with Crippen LogP contribution >= 0.6 is 0 Å². The van der Waals surface area contributed by atoms with Gasteiger partial charge in [0.25, 0.3) is 0 Å². The van der Waals surface area contributed by atoms with Crippen LogP contribution in [-0.4, -0.2) is 60.4 Å². The zero-order valence-electron chi connectivity index (χ0n) is 15.3. The predicted octanol–water partition coefficient (Wildman–Crippen LogP) is 2.10. The van der Waals surface area contributed by atoms with Crippen LogP contribution in [0.25, 0.3) is 0 Å². The molecule has 2 aliphatic heterocycles. The van der Waals surface area contributed by atoms with Crippen molar-refractivity contribution in [2.24, 2.45) is 0 Å². The molecule has 0 aliphatic carbocycles. The molecule has 4 rings (SSSR count). The van der Waals surface area contributed by atoms with E-state index in [2.05, 4.69) is 38.1 Å². The number of anilines is 3. The largest absolute Gasteiger partial charge is 0.378 e. The van der Waals surface area contributed by atoms with E-state index in [0.717, 1.165) is 69.8 Å². The van der Waals surface area contributed by atoms with Crippen LogP contribution in [0.5, 0.6) is 0 Å². The highest BCUT2D eigenvalue weighted by Crippen LogP contribution is 2.23. The second-order valence-electron chi connectivity index (χ2n) is 6.89. The minimum absolute atomic E-state index is 0.433. The number of nitrogens with one attached hydrogen (secondary N) is 1. The van der Waals surface area contributed by atoms with Crippen molar-refractivity contribution in [3.8, 4) is 0 Å². The fourth-order valence-corrected chi connectivity index (χ4v) is 3.60. The molecule has 2 aromatic heterocycles. The summed E-state index contributed by atoms with van der Waals surface area (Å²) in [6, 6.07) is 6.51. The van der Waals surface area contributed by atoms with Gasteiger partial charge in [-0.15, -0.1) is 0 Å². The fraction of sp³-hybridized carbons (Fsp3) is 0.526. The van der Waals surface area contributed by atoms with Crippen molar-refractivity contribution in [2.75, 3.05) is 54.5 Å². The van der Waals surface area contributed by atoms with Gasteiger partial charge in [-0.25, -0.2) is 9.97 Å². The van der Waals surface area contributed by atoms with Crippen LogP contribution in [0.2, 0.25) is 0 Å². The number of piperidine rings is 1. The summed E-state index contributed by atoms with van der Waals surface area (Å²) in [5.74, 6) is 2.82. The van der Waals surface area contributed by atoms with Gasteiger partial charge in [0.15, 0.2) is 0 Å². The Morgan fingerprint density at radius 1 is 1.00 bits per heavy atom. The fourth-order valence-electron chi connectivity index (χ4n) is 3.60. The first kappa shape index (κ1) is 17.0. The molecule has 0 aromatic carbocycles. The van der Waals surface area contributed by atoms with E-state index < -0.39 is 0 Å². The lowest BCUT2D eigenvalue weighted by molar-refractivity contribution is 0.122. The molecular formula is C19H26N6O. The molecule has 0 unspecified atom stereocenters. The molecule has 26 heavy (non-hydrogen) atoms. The summed E-state index contributed by atoms with van der Waals surface area (Å²) >= 11 is 0. The summed E-state index contributed by atoms with van der Waals surface area (Å²) in [6.45, 7) is 7.34. The SMILES string of the molecule is Cc1cccnc1N1CCC(Nc2ccnc(N3CCOCC3)n2)CC1. The van der Waals surface area contributed by atoms with Gasteiger partial charge in [-0.3, -0.25) is 0 Å². The first-order valence-corrected chi connectivity index (χ1v) is 9.38. The smallest absolute Gasteiger partial charge is 0.227 e. The third-order valence-corrected chi connectivity index (χ3v) is 5.07. The van der Waals surface area contributed by atoms with E-state index >= 15 is 0 Å². The summed E-state index contributed by atoms with van der Waals surface area (Å²) in [7, 11) is 0. The molecule has 0 spiro atoms. The molecule has 0 atom stereocenters. The number of ether oxygens (including phenoxy) is 1. The highest BCUT2D eigenvalue weighted by molar-refractivity contribution is 5.47. The van der Waals surface area contributed by atoms with Crippen LogP contribution in [0.3, 0.4) is 0 Å². The van der Waals surface area contributed by atoms with Gasteiger partial charge in [0, 0.05) is 44.6 Å². The van der Waals surface area contributed by atoms with E-state index in [-0.39, 0.29) is 0 Å². The Hall–Kier alpha value is -2.41. The van der Waals surface area contributed by atoms with E-state index in [1.54, 1.807) is 0 Å². The zero-order valence-corrected chi connectivity index (χ0v) is 15.3. The molecule has 1 N–H and O–H groups in total. The lowest BCUT2D eigenvalue weighted by Crippen LogP contribution is -2.40. The van der Waals surface area contributed by atoms with Gasteiger partial charge >= 0.3 is 0 Å². The third-order valence-electron chi connectivity index (χ3n) is 5.07. The van der Waals surface area contributed by atoms with Gasteiger partial charge in [0.1, 0.15) is 11.6 Å². The number of rotatable bonds is 4. The normalized spacial score (nSPS) is 18.8. The summed E-state index contributed by atoms with van der Waals surface area (Å²) in [5, 5.41) is 3.59. The quantitative estimate of drug-likeness (QED) is 0.902. The highest BCUT2D eigenvalue weighted by Gasteiger charge is 2.22. The molecular weight excluding hydrogens is 328 g/mol. The monoisotopic (exact) mass is 354 g/mol. The van der Waals surface area contributed by atoms with Crippen molar-refractivity contribution >= 4 is 17.6 Å². The standard InChI is InChI=1S/C19H26N6O/c1-15-3-2-7-20-18(15)24-9-5-16(6-10-24)22-17-4-8-21-19(23-17)25-11-13-26-14-12-25/h2-4,7-8,16H,5-6,9-14H2,1H3,(H,21,22,23). The molecule has 0 bridgehead atoms. The summed E-state index contributed by atoms with van der Waals surface area (Å²) < 4.78 is 5.41. The van der Waals surface area contributed by atoms with Crippen molar-refractivity contribution < 1.29 is 4.74 Å². The molecule has 138 valence electrons. The van der Waals surface area contributed by atoms with E-state index in [0.29, 0.717) is 6.04 Å². The molecule has 2 saturated heterocycles. The van der Waals surface area contributed by atoms with Crippen molar-refractivity contribution in [2.45, 2.75) is 25.8 Å². The average Bonchev–Trinajstić information content (AvgIpc) is 2.70. The zero-order chi connectivity index (χ0) is 17.8. The van der Waals surface area contributed by atoms with Crippen molar-refractivity contribution in [3.63, 3.8) is 0 Å². The Labute approximate surface area is 154 Å². The van der Waals surface area contributed by atoms with E-state index in [1.807, 2.05) is 24.5 Å². The minimum atomic E-state index is 0.433. The summed E-state index contributed by atoms with van der Waals surface area (Å²) in [5.41, 5.74) is 1.24. The van der Waals surface area contributed by atoms with Crippen LogP contribution in [0.4, 0.5) is 17.6 Å². The van der Waals surface area contributed by atoms with Gasteiger partial charge in [-0.2, -0.15) is 4.98 Å². The second kappa shape index (κ2) is 7.86. The highest BCUT2D eigenvalue weighted by atomic mass is 16.5. The van der Waals surface area contributed by atoms with Crippen LogP contribution in [0.1, 0.15) is 18.4 Å². The van der Waals surface area contributed by atoms with Crippen molar-refractivity contribution in [1.29, 1.82) is 0 Å². The third kappa shape index (κ3) is 3.88. The molecule has 7 nitrogen and oxygen atoms in total. The maximum absolute atomic E-state index is 5.41. The maximum atomic E-state index is 5.41. The van der Waals surface area contributed by atoms with Crippen LogP contribution in [0, 0.1) is 6.92 Å². The van der Waals surface area contributed by atoms with Crippen LogP contribution in [-0.2, 0) is 4.74 Å². The Morgan fingerprint density at radius 2 is 1.81 bits per heavy atom. The molecule has 2 aliphatic rings. The maximum Gasteiger partial charge on any atom is 0.227 e. The number of pyridine rings is 1. The molecule has 0 radical (unpaired) electrons. The Balaban J connectivity index is 1.35. The van der Waals surface area contributed by atoms with Crippen molar-refractivity contribution in [3.05, 3.63) is 36.2 Å². The number of nitrogens with zero attached hydrogens (tertiary/aromatic N) is 5. The molecule has 4 heterocycles. The number of aryl methyl sites for hydroxylation is 1. The molecule has 2 aromatic rings. The van der Waals surface area contributed by atoms with Gasteiger partial charge in [0.05, 0.1) is 13.2 Å². The van der Waals surface area contributed by atoms with Crippen LogP contribution < -0.4 is 15.1 Å². The minimum Gasteiger partial charge on any atom is -0.378 e. The van der Waals surface area contributed by atoms with Crippen LogP contribution in [0.15, 0.2) is 30.6 Å². The number of morpholine rings is 1. The Morgan fingerprint density at radius 3 is 2.58 bits per heavy atom. The lowest BCUT2D eigenvalue weighted by Gasteiger charge is -2.34. The molecule has 0 saturated carbocycles. The van der Waals surface area contributed by atoms with E-state index in [4.69, 9.17) is 9.72 Å². The average molecular weight is 354 g/mol. The Kier molecular flexibility index (Phi) is 5.15. The van der Waals surface area contributed by atoms with E-state index in [1.165, 1.54) is 5.56 Å². The number of aromatic nitrogens is 3. The summed E-state index contributed by atoms with van der Waals surface area (Å²) in [6.07, 6.45) is 5.87. The van der Waals surface area contributed by atoms with E-state index in [9.17, 15) is 0 Å². The Bertz CT molecular complexity index is 725.